The molecule has 0 aromatic rings. The van der Waals surface area contributed by atoms with Gasteiger partial charge in [-0.3, -0.25) is 37.3 Å². The average molecular weight is 1400 g/mol. The van der Waals surface area contributed by atoms with Crippen molar-refractivity contribution in [3.8, 4) is 0 Å². The Morgan fingerprint density at radius 1 is 0.281 bits per heavy atom. The molecule has 0 aromatic carbocycles. The lowest BCUT2D eigenvalue weighted by Gasteiger charge is -2.21. The van der Waals surface area contributed by atoms with Crippen molar-refractivity contribution in [3.05, 3.63) is 36.5 Å². The van der Waals surface area contributed by atoms with Gasteiger partial charge in [-0.2, -0.15) is 0 Å². The van der Waals surface area contributed by atoms with Gasteiger partial charge in [-0.25, -0.2) is 9.13 Å². The highest BCUT2D eigenvalue weighted by Gasteiger charge is 2.30. The molecule has 0 aromatic heterocycles. The molecule has 0 heterocycles. The van der Waals surface area contributed by atoms with Gasteiger partial charge in [-0.15, -0.1) is 0 Å². The summed E-state index contributed by atoms with van der Waals surface area (Å²) in [4.78, 5) is 72.8. The number of aliphatic hydroxyl groups excluding tert-OH is 1. The predicted octanol–water partition coefficient (Wildman–Crippen LogP) is 22.3. The van der Waals surface area contributed by atoms with Crippen molar-refractivity contribution in [3.63, 3.8) is 0 Å². The lowest BCUT2D eigenvalue weighted by atomic mass is 10.0. The van der Waals surface area contributed by atoms with Gasteiger partial charge in [0.25, 0.3) is 0 Å². The van der Waals surface area contributed by atoms with E-state index in [0.29, 0.717) is 25.7 Å². The Bertz CT molecular complexity index is 1970. The summed E-state index contributed by atoms with van der Waals surface area (Å²) < 4.78 is 68.5. The second-order valence-electron chi connectivity index (χ2n) is 26.7. The Kier molecular flexibility index (Phi) is 68.7. The van der Waals surface area contributed by atoms with Crippen molar-refractivity contribution in [1.29, 1.82) is 0 Å². The summed E-state index contributed by atoms with van der Waals surface area (Å²) in [7, 11) is -9.93. The van der Waals surface area contributed by atoms with Crippen molar-refractivity contribution in [2.45, 2.75) is 393 Å². The van der Waals surface area contributed by atoms with Crippen molar-refractivity contribution in [2.75, 3.05) is 39.6 Å². The molecule has 0 saturated carbocycles. The van der Waals surface area contributed by atoms with Crippen LogP contribution in [0.2, 0.25) is 0 Å². The van der Waals surface area contributed by atoms with Gasteiger partial charge < -0.3 is 33.8 Å². The van der Waals surface area contributed by atoms with Gasteiger partial charge in [0, 0.05) is 25.7 Å². The molecular weight excluding hydrogens is 1260 g/mol. The first kappa shape index (κ1) is 93.3. The van der Waals surface area contributed by atoms with Crippen LogP contribution in [0.5, 0.6) is 0 Å². The van der Waals surface area contributed by atoms with E-state index >= 15 is 0 Å². The van der Waals surface area contributed by atoms with Crippen LogP contribution in [0.15, 0.2) is 36.5 Å². The minimum atomic E-state index is -4.97. The number of phosphoric acid groups is 2. The van der Waals surface area contributed by atoms with Crippen molar-refractivity contribution >= 4 is 39.5 Å². The van der Waals surface area contributed by atoms with E-state index in [1.165, 1.54) is 161 Å². The van der Waals surface area contributed by atoms with Gasteiger partial charge in [0.05, 0.1) is 26.4 Å². The molecule has 5 atom stereocenters. The quantitative estimate of drug-likeness (QED) is 0.0169. The number of hydrogen-bond donors (Lipinski definition) is 3. The number of unbranched alkanes of at least 4 members (excludes halogenated alkanes) is 43. The molecule has 0 fully saturated rings. The van der Waals surface area contributed by atoms with Crippen molar-refractivity contribution in [1.82, 2.24) is 0 Å². The number of aliphatic hydroxyl groups is 1. The molecule has 0 aliphatic heterocycles. The first-order valence-electron chi connectivity index (χ1n) is 39.2. The molecule has 0 bridgehead atoms. The molecule has 0 radical (unpaired) electrons. The van der Waals surface area contributed by atoms with Gasteiger partial charge in [-0.05, 0) is 103 Å². The van der Waals surface area contributed by atoms with E-state index in [1.807, 2.05) is 0 Å². The maximum Gasteiger partial charge on any atom is 0.472 e. The van der Waals surface area contributed by atoms with Gasteiger partial charge >= 0.3 is 39.5 Å². The number of ether oxygens (including phenoxy) is 4. The maximum atomic E-state index is 13.1. The summed E-state index contributed by atoms with van der Waals surface area (Å²) in [5, 5.41) is 10.6. The summed E-state index contributed by atoms with van der Waals surface area (Å²) in [5.74, 6) is -2.16. The third-order valence-corrected chi connectivity index (χ3v) is 19.0. The number of carbonyl (C=O) groups is 4. The SMILES string of the molecule is CCCCCC/C=C\CCCCCCCC(=O)O[C@H](COC(=O)CCCCCCC/C=C\CCCCCCCC)COP(=O)(O)OC[C@@H](O)COP(=O)(O)OC[C@@H](COC(=O)CCCCCCCCCCCCCCCCC)OC(=O)CCCCCCC/C=C\CCCCCC. The Morgan fingerprint density at radius 3 is 0.729 bits per heavy atom. The Hall–Kier alpha value is -2.72. The lowest BCUT2D eigenvalue weighted by molar-refractivity contribution is -0.161. The predicted molar refractivity (Wildman–Crippen MR) is 391 cm³/mol. The van der Waals surface area contributed by atoms with E-state index in [0.717, 1.165) is 135 Å². The van der Waals surface area contributed by atoms with E-state index in [2.05, 4.69) is 64.2 Å². The molecule has 0 rings (SSSR count). The topological polar surface area (TPSA) is 237 Å². The van der Waals surface area contributed by atoms with Crippen LogP contribution in [0, 0.1) is 0 Å². The summed E-state index contributed by atoms with van der Waals surface area (Å²) in [6, 6.07) is 0. The Balaban J connectivity index is 5.30. The van der Waals surface area contributed by atoms with Gasteiger partial charge in [-0.1, -0.05) is 282 Å². The minimum absolute atomic E-state index is 0.0892. The first-order chi connectivity index (χ1) is 46.7. The third-order valence-electron chi connectivity index (χ3n) is 17.1. The molecule has 564 valence electrons. The third kappa shape index (κ3) is 69.7. The molecule has 0 spiro atoms. The Labute approximate surface area is 585 Å². The van der Waals surface area contributed by atoms with Crippen LogP contribution in [-0.4, -0.2) is 96.7 Å². The lowest BCUT2D eigenvalue weighted by Crippen LogP contribution is -2.30. The fourth-order valence-corrected chi connectivity index (χ4v) is 12.6. The number of rotatable bonds is 75. The molecule has 0 amide bonds. The fraction of sp³-hybridized carbons (Fsp3) is 0.870. The number of allylic oxidation sites excluding steroid dienone is 6. The summed E-state index contributed by atoms with van der Waals surface area (Å²) >= 11 is 0. The Morgan fingerprint density at radius 2 is 0.479 bits per heavy atom. The molecule has 0 aliphatic rings. The normalized spacial score (nSPS) is 14.1. The number of phosphoric ester groups is 2. The molecule has 3 N–H and O–H groups in total. The first-order valence-corrected chi connectivity index (χ1v) is 42.2. The van der Waals surface area contributed by atoms with Crippen LogP contribution in [0.3, 0.4) is 0 Å². The highest BCUT2D eigenvalue weighted by atomic mass is 31.2. The molecule has 2 unspecified atom stereocenters. The standard InChI is InChI=1S/C77H144O17P2/c1-5-9-13-17-21-25-29-33-35-39-41-45-49-53-57-61-74(79)87-67-72(93-76(81)63-59-55-51-47-43-37-31-27-23-19-15-11-7-3)69-91-95(83,84)89-65-71(78)66-90-96(85,86)92-70-73(94-77(82)64-60-56-52-48-44-38-32-28-24-20-16-12-8-4)68-88-75(80)62-58-54-50-46-42-40-36-34-30-26-22-18-14-10-6-2/h27-28,31-33,35,71-73,78H,5-26,29-30,34,36-70H2,1-4H3,(H,83,84)(H,85,86)/b31-27-,32-28-,35-33-/t71-,72-,73-/m1/s1. The second-order valence-corrected chi connectivity index (χ2v) is 29.6. The largest absolute Gasteiger partial charge is 0.472 e. The van der Waals surface area contributed by atoms with Crippen LogP contribution in [0.1, 0.15) is 374 Å². The van der Waals surface area contributed by atoms with Crippen LogP contribution >= 0.6 is 15.6 Å². The molecule has 96 heavy (non-hydrogen) atoms. The van der Waals surface area contributed by atoms with E-state index < -0.39 is 97.5 Å². The van der Waals surface area contributed by atoms with Crippen LogP contribution in [0.4, 0.5) is 0 Å². The number of hydrogen-bond acceptors (Lipinski definition) is 15. The highest BCUT2D eigenvalue weighted by molar-refractivity contribution is 7.47. The highest BCUT2D eigenvalue weighted by Crippen LogP contribution is 2.45. The molecule has 0 aliphatic carbocycles. The molecule has 0 saturated heterocycles. The van der Waals surface area contributed by atoms with Crippen molar-refractivity contribution in [2.24, 2.45) is 0 Å². The zero-order valence-electron chi connectivity index (χ0n) is 61.6. The summed E-state index contributed by atoms with van der Waals surface area (Å²) in [6.45, 7) is 4.89. The fourth-order valence-electron chi connectivity index (χ4n) is 11.0. The monoisotopic (exact) mass is 1400 g/mol. The zero-order valence-corrected chi connectivity index (χ0v) is 63.4. The summed E-state index contributed by atoms with van der Waals surface area (Å²) in [5.41, 5.74) is 0. The van der Waals surface area contributed by atoms with E-state index in [1.54, 1.807) is 0 Å². The van der Waals surface area contributed by atoms with Crippen LogP contribution < -0.4 is 0 Å². The molecule has 19 heteroatoms. The van der Waals surface area contributed by atoms with Gasteiger partial charge in [0.2, 0.25) is 0 Å². The molecular formula is C77H144O17P2. The van der Waals surface area contributed by atoms with E-state index in [9.17, 15) is 43.2 Å². The van der Waals surface area contributed by atoms with E-state index in [4.69, 9.17) is 37.0 Å². The van der Waals surface area contributed by atoms with Crippen molar-refractivity contribution < 1.29 is 80.2 Å². The molecule has 17 nitrogen and oxygen atoms in total. The second kappa shape index (κ2) is 70.7. The van der Waals surface area contributed by atoms with Gasteiger partial charge in [0.15, 0.2) is 12.2 Å². The number of carbonyl (C=O) groups excluding carboxylic acids is 4. The summed E-state index contributed by atoms with van der Waals surface area (Å²) in [6.07, 6.45) is 65.5. The number of esters is 4. The van der Waals surface area contributed by atoms with Crippen LogP contribution in [0.25, 0.3) is 0 Å². The zero-order chi connectivity index (χ0) is 70.4. The smallest absolute Gasteiger partial charge is 0.462 e. The van der Waals surface area contributed by atoms with Crippen LogP contribution in [-0.2, 0) is 65.4 Å². The average Bonchev–Trinajstić information content (AvgIpc) is 1.15. The maximum absolute atomic E-state index is 13.1. The van der Waals surface area contributed by atoms with Gasteiger partial charge in [0.1, 0.15) is 19.3 Å². The minimum Gasteiger partial charge on any atom is -0.462 e. The van der Waals surface area contributed by atoms with E-state index in [-0.39, 0.29) is 25.7 Å².